The molecule has 232 valence electrons. The number of esters is 1. The first-order valence-corrected chi connectivity index (χ1v) is 16.5. The Hall–Kier alpha value is -1.73. The summed E-state index contributed by atoms with van der Waals surface area (Å²) in [7, 11) is 1.69. The van der Waals surface area contributed by atoms with E-state index < -0.39 is 6.29 Å². The lowest BCUT2D eigenvalue weighted by molar-refractivity contribution is -0.254. The van der Waals surface area contributed by atoms with Gasteiger partial charge in [0.25, 0.3) is 0 Å². The molecule has 0 saturated carbocycles. The Morgan fingerprint density at radius 2 is 1.49 bits per heavy atom. The maximum atomic E-state index is 11.8. The third-order valence-electron chi connectivity index (χ3n) is 8.30. The molecule has 0 aliphatic carbocycles. The van der Waals surface area contributed by atoms with Gasteiger partial charge in [-0.2, -0.15) is 0 Å². The van der Waals surface area contributed by atoms with Crippen LogP contribution in [0.3, 0.4) is 0 Å². The molecular weight excluding hydrogens is 516 g/mol. The lowest BCUT2D eigenvalue weighted by Gasteiger charge is -2.38. The topological polar surface area (TPSA) is 63.2 Å². The highest BCUT2D eigenvalue weighted by Crippen LogP contribution is 2.35. The minimum Gasteiger partial charge on any atom is -0.459 e. The Labute approximate surface area is 249 Å². The molecule has 41 heavy (non-hydrogen) atoms. The molecule has 6 heteroatoms. The monoisotopic (exact) mass is 572 g/mol. The molecule has 2 aliphatic heterocycles. The average Bonchev–Trinajstić information content (AvgIpc) is 2.99. The van der Waals surface area contributed by atoms with Crippen LogP contribution in [0.4, 0.5) is 0 Å². The number of benzene rings is 1. The van der Waals surface area contributed by atoms with E-state index in [4.69, 9.17) is 23.7 Å². The molecule has 0 amide bonds. The van der Waals surface area contributed by atoms with Crippen LogP contribution in [-0.2, 0) is 28.5 Å². The van der Waals surface area contributed by atoms with Gasteiger partial charge in [-0.25, -0.2) is 4.79 Å². The SMILES string of the molecule is CCCCCCCCCCCCCC[C@@H](CC[C@H]1C[C@@H](C[C@H]2CC=CC(=O)O2)O[C@@H](c2ccccc2)O1)OCOC. The van der Waals surface area contributed by atoms with Crippen LogP contribution in [0.5, 0.6) is 0 Å². The first kappa shape index (κ1) is 33.8. The van der Waals surface area contributed by atoms with Crippen molar-refractivity contribution in [3.63, 3.8) is 0 Å². The molecule has 1 saturated heterocycles. The predicted octanol–water partition coefficient (Wildman–Crippen LogP) is 8.98. The molecule has 0 radical (unpaired) electrons. The third-order valence-corrected chi connectivity index (χ3v) is 8.30. The van der Waals surface area contributed by atoms with Crippen molar-refractivity contribution in [2.45, 2.75) is 153 Å². The van der Waals surface area contributed by atoms with Crippen LogP contribution in [0.25, 0.3) is 0 Å². The van der Waals surface area contributed by atoms with E-state index in [1.807, 2.05) is 36.4 Å². The van der Waals surface area contributed by atoms with Crippen LogP contribution in [0, 0.1) is 0 Å². The normalized spacial score (nSPS) is 23.4. The molecule has 2 aliphatic rings. The maximum Gasteiger partial charge on any atom is 0.330 e. The smallest absolute Gasteiger partial charge is 0.330 e. The minimum absolute atomic E-state index is 0.0297. The Balaban J connectivity index is 1.40. The van der Waals surface area contributed by atoms with Gasteiger partial charge in [0.05, 0.1) is 18.3 Å². The Morgan fingerprint density at radius 3 is 2.15 bits per heavy atom. The summed E-state index contributed by atoms with van der Waals surface area (Å²) in [6.07, 6.45) is 24.4. The third kappa shape index (κ3) is 14.3. The number of carbonyl (C=O) groups excluding carboxylic acids is 1. The van der Waals surface area contributed by atoms with Gasteiger partial charge in [-0.3, -0.25) is 0 Å². The van der Waals surface area contributed by atoms with E-state index in [2.05, 4.69) is 6.92 Å². The van der Waals surface area contributed by atoms with Crippen molar-refractivity contribution in [3.05, 3.63) is 48.0 Å². The van der Waals surface area contributed by atoms with Crippen molar-refractivity contribution >= 4 is 5.97 Å². The van der Waals surface area contributed by atoms with Crippen LogP contribution in [0.2, 0.25) is 0 Å². The van der Waals surface area contributed by atoms with Crippen molar-refractivity contribution in [2.75, 3.05) is 13.9 Å². The van der Waals surface area contributed by atoms with E-state index in [-0.39, 0.29) is 30.4 Å². The molecule has 6 nitrogen and oxygen atoms in total. The fraction of sp³-hybridized carbons (Fsp3) is 0.743. The highest BCUT2D eigenvalue weighted by molar-refractivity contribution is 5.82. The fourth-order valence-electron chi connectivity index (χ4n) is 5.96. The second-order valence-electron chi connectivity index (χ2n) is 11.9. The van der Waals surface area contributed by atoms with Crippen LogP contribution in [0.1, 0.15) is 134 Å². The van der Waals surface area contributed by atoms with Gasteiger partial charge in [0.15, 0.2) is 6.29 Å². The standard InChI is InChI=1S/C35H56O6/c1-3-4-5-6-7-8-9-10-11-12-13-17-21-30(38-28-37-2)24-25-32-27-33(26-31-22-18-23-34(36)39-31)41-35(40-32)29-19-15-14-16-20-29/h14-16,18-20,23,30-33,35H,3-13,17,21-22,24-28H2,1-2H3/t30-,31+,32-,33+,35-/m0/s1. The van der Waals surface area contributed by atoms with Gasteiger partial charge in [-0.1, -0.05) is 120 Å². The molecule has 3 rings (SSSR count). The highest BCUT2D eigenvalue weighted by atomic mass is 16.7. The number of rotatable bonds is 22. The molecule has 2 heterocycles. The first-order chi connectivity index (χ1) is 20.2. The van der Waals surface area contributed by atoms with Crippen LogP contribution < -0.4 is 0 Å². The van der Waals surface area contributed by atoms with E-state index in [0.29, 0.717) is 13.2 Å². The number of ether oxygens (including phenoxy) is 5. The van der Waals surface area contributed by atoms with E-state index >= 15 is 0 Å². The Bertz CT molecular complexity index is 827. The van der Waals surface area contributed by atoms with Gasteiger partial charge in [0.1, 0.15) is 12.9 Å². The number of methoxy groups -OCH3 is 1. The number of carbonyl (C=O) groups is 1. The molecule has 1 fully saturated rings. The molecule has 1 aromatic rings. The van der Waals surface area contributed by atoms with Gasteiger partial charge in [0, 0.05) is 38.0 Å². The van der Waals surface area contributed by atoms with Crippen LogP contribution in [-0.4, -0.2) is 44.3 Å². The summed E-state index contributed by atoms with van der Waals surface area (Å²) in [6.45, 7) is 2.61. The second-order valence-corrected chi connectivity index (χ2v) is 11.9. The van der Waals surface area contributed by atoms with Gasteiger partial charge in [-0.15, -0.1) is 0 Å². The van der Waals surface area contributed by atoms with Crippen LogP contribution >= 0.6 is 0 Å². The quantitative estimate of drug-likeness (QED) is 0.0785. The molecule has 5 atom stereocenters. The minimum atomic E-state index is -0.413. The van der Waals surface area contributed by atoms with Gasteiger partial charge < -0.3 is 23.7 Å². The second kappa shape index (κ2) is 21.0. The largest absolute Gasteiger partial charge is 0.459 e. The lowest BCUT2D eigenvalue weighted by Crippen LogP contribution is -2.37. The zero-order chi connectivity index (χ0) is 29.0. The first-order valence-electron chi connectivity index (χ1n) is 16.5. The van der Waals surface area contributed by atoms with Crippen molar-refractivity contribution in [3.8, 4) is 0 Å². The van der Waals surface area contributed by atoms with Gasteiger partial charge >= 0.3 is 5.97 Å². The summed E-state index contributed by atoms with van der Waals surface area (Å²) in [5.74, 6) is -0.264. The van der Waals surface area contributed by atoms with Crippen molar-refractivity contribution in [1.29, 1.82) is 0 Å². The molecule has 0 spiro atoms. The predicted molar refractivity (Wildman–Crippen MR) is 163 cm³/mol. The molecule has 0 N–H and O–H groups in total. The van der Waals surface area contributed by atoms with Crippen molar-refractivity contribution < 1.29 is 28.5 Å². The average molecular weight is 573 g/mol. The van der Waals surface area contributed by atoms with E-state index in [9.17, 15) is 4.79 Å². The van der Waals surface area contributed by atoms with Crippen molar-refractivity contribution in [2.24, 2.45) is 0 Å². The number of hydrogen-bond acceptors (Lipinski definition) is 6. The van der Waals surface area contributed by atoms with E-state index in [0.717, 1.165) is 37.7 Å². The summed E-state index contributed by atoms with van der Waals surface area (Å²) in [5, 5.41) is 0. The molecule has 0 unspecified atom stereocenters. The highest BCUT2D eigenvalue weighted by Gasteiger charge is 2.33. The lowest BCUT2D eigenvalue weighted by atomic mass is 9.96. The summed E-state index contributed by atoms with van der Waals surface area (Å²) in [6, 6.07) is 10.1. The van der Waals surface area contributed by atoms with Gasteiger partial charge in [0.2, 0.25) is 0 Å². The number of hydrogen-bond donors (Lipinski definition) is 0. The zero-order valence-corrected chi connectivity index (χ0v) is 25.8. The summed E-state index contributed by atoms with van der Waals surface area (Å²) in [4.78, 5) is 11.8. The Morgan fingerprint density at radius 1 is 0.829 bits per heavy atom. The van der Waals surface area contributed by atoms with Crippen LogP contribution in [0.15, 0.2) is 42.5 Å². The van der Waals surface area contributed by atoms with Crippen molar-refractivity contribution in [1.82, 2.24) is 0 Å². The number of unbranched alkanes of at least 4 members (excludes halogenated alkanes) is 11. The molecular formula is C35H56O6. The molecule has 0 bridgehead atoms. The number of cyclic esters (lactones) is 1. The summed E-state index contributed by atoms with van der Waals surface area (Å²) >= 11 is 0. The molecule has 1 aromatic carbocycles. The zero-order valence-electron chi connectivity index (χ0n) is 25.8. The fourth-order valence-corrected chi connectivity index (χ4v) is 5.96. The summed E-state index contributed by atoms with van der Waals surface area (Å²) < 4.78 is 29.7. The van der Waals surface area contributed by atoms with E-state index in [1.54, 1.807) is 7.11 Å². The Kier molecular flexibility index (Phi) is 17.3. The maximum absolute atomic E-state index is 11.8. The van der Waals surface area contributed by atoms with Gasteiger partial charge in [-0.05, 0) is 19.3 Å². The molecule has 0 aromatic heterocycles. The van der Waals surface area contributed by atoms with E-state index in [1.165, 1.54) is 83.1 Å². The summed E-state index contributed by atoms with van der Waals surface area (Å²) in [5.41, 5.74) is 1.02.